The van der Waals surface area contributed by atoms with E-state index in [4.69, 9.17) is 20.4 Å². The van der Waals surface area contributed by atoms with E-state index < -0.39 is 18.2 Å². The smallest absolute Gasteiger partial charge is 0.407 e. The standard InChI is InChI=1S/C45H52N8O4/c1-45(37-28-48-41(50-37)36-16-9-25-52(36)42(54)38(46)32-11-5-3-6-12-32)23-21-30(22-24-45)29-17-19-31(20-18-29)34-27-47-40(49-34)35-15-10-26-53(35)43(55)39(51-44(56)57-2)33-13-7-4-8-14-33/h3-8,11-14,17-20,27-28,30,35-36,38-39H,9-10,15-16,21-26,46H2,1-2H3,(H,47,49)(H,48,50)(H,51,56)/t30?,35-,36-,38+,39+,45?/m0/s1. The third kappa shape index (κ3) is 7.83. The van der Waals surface area contributed by atoms with E-state index in [-0.39, 0.29) is 29.3 Å². The molecular weight excluding hydrogens is 717 g/mol. The maximum absolute atomic E-state index is 13.9. The van der Waals surface area contributed by atoms with E-state index >= 15 is 0 Å². The first-order valence-corrected chi connectivity index (χ1v) is 20.2. The minimum atomic E-state index is -0.860. The number of alkyl carbamates (subject to hydrolysis) is 1. The fraction of sp³-hybridized carbons (Fsp3) is 0.400. The van der Waals surface area contributed by atoms with Gasteiger partial charge in [0.05, 0.1) is 31.1 Å². The lowest BCUT2D eigenvalue weighted by molar-refractivity contribution is -0.135. The van der Waals surface area contributed by atoms with Crippen LogP contribution in [0.4, 0.5) is 4.79 Å². The van der Waals surface area contributed by atoms with Crippen LogP contribution >= 0.6 is 0 Å². The van der Waals surface area contributed by atoms with Crippen molar-refractivity contribution in [1.82, 2.24) is 35.1 Å². The molecule has 3 aliphatic rings. The third-order valence-electron chi connectivity index (χ3n) is 12.6. The molecule has 2 aromatic heterocycles. The molecule has 12 nitrogen and oxygen atoms in total. The highest BCUT2D eigenvalue weighted by atomic mass is 16.5. The molecule has 57 heavy (non-hydrogen) atoms. The molecule has 5 N–H and O–H groups in total. The molecule has 1 saturated carbocycles. The van der Waals surface area contributed by atoms with Crippen LogP contribution in [0.25, 0.3) is 11.3 Å². The molecule has 8 rings (SSSR count). The Morgan fingerprint density at radius 1 is 0.772 bits per heavy atom. The first kappa shape index (κ1) is 38.1. The minimum absolute atomic E-state index is 0.0200. The number of nitrogens with one attached hydrogen (secondary N) is 3. The van der Waals surface area contributed by atoms with E-state index in [0.29, 0.717) is 24.6 Å². The molecule has 1 aliphatic carbocycles. The molecule has 4 heterocycles. The highest BCUT2D eigenvalue weighted by Crippen LogP contribution is 2.45. The Kier molecular flexibility index (Phi) is 11.0. The second-order valence-electron chi connectivity index (χ2n) is 16.1. The summed E-state index contributed by atoms with van der Waals surface area (Å²) in [6.45, 7) is 3.60. The minimum Gasteiger partial charge on any atom is -0.453 e. The topological polar surface area (TPSA) is 162 Å². The molecule has 0 unspecified atom stereocenters. The predicted molar refractivity (Wildman–Crippen MR) is 217 cm³/mol. The highest BCUT2D eigenvalue weighted by molar-refractivity contribution is 5.87. The van der Waals surface area contributed by atoms with Gasteiger partial charge in [0.2, 0.25) is 5.91 Å². The number of aromatic amines is 2. The van der Waals surface area contributed by atoms with Gasteiger partial charge in [-0.15, -0.1) is 0 Å². The molecule has 0 spiro atoms. The van der Waals surface area contributed by atoms with E-state index in [1.54, 1.807) is 0 Å². The van der Waals surface area contributed by atoms with E-state index in [9.17, 15) is 14.4 Å². The lowest BCUT2D eigenvalue weighted by Crippen LogP contribution is -2.42. The molecule has 3 amide bonds. The van der Waals surface area contributed by atoms with Crippen LogP contribution in [-0.2, 0) is 19.7 Å². The van der Waals surface area contributed by atoms with Crippen LogP contribution in [0.3, 0.4) is 0 Å². The molecular formula is C45H52N8O4. The Balaban J connectivity index is 0.890. The molecule has 296 valence electrons. The molecule has 12 heteroatoms. The summed E-state index contributed by atoms with van der Waals surface area (Å²) in [6.07, 6.45) is 10.8. The normalized spacial score (nSPS) is 23.2. The van der Waals surface area contributed by atoms with Crippen molar-refractivity contribution in [2.75, 3.05) is 20.2 Å². The van der Waals surface area contributed by atoms with Gasteiger partial charge in [-0.25, -0.2) is 14.8 Å². The Hall–Kier alpha value is -5.75. The molecule has 3 fully saturated rings. The van der Waals surface area contributed by atoms with Gasteiger partial charge in [-0.3, -0.25) is 9.59 Å². The first-order valence-electron chi connectivity index (χ1n) is 20.2. The van der Waals surface area contributed by atoms with Gasteiger partial charge in [0.1, 0.15) is 23.7 Å². The van der Waals surface area contributed by atoms with Crippen LogP contribution < -0.4 is 11.1 Å². The summed E-state index contributed by atoms with van der Waals surface area (Å²) in [5.41, 5.74) is 12.3. The molecule has 4 atom stereocenters. The number of imidazole rings is 2. The predicted octanol–water partition coefficient (Wildman–Crippen LogP) is 7.54. The number of aromatic nitrogens is 4. The number of hydrogen-bond acceptors (Lipinski definition) is 7. The number of amides is 3. The molecule has 2 aliphatic heterocycles. The number of nitrogens with zero attached hydrogens (tertiary/aromatic N) is 4. The Morgan fingerprint density at radius 3 is 1.98 bits per heavy atom. The Bertz CT molecular complexity index is 2160. The monoisotopic (exact) mass is 768 g/mol. The molecule has 5 aromatic rings. The lowest BCUT2D eigenvalue weighted by atomic mass is 9.68. The SMILES string of the molecule is COC(=O)N[C@@H](C(=O)N1CCC[C@H]1c1ncc(-c2ccc(C3CCC(C)(c4cnc([C@@H]5CCCN5C(=O)[C@H](N)c5ccccc5)[nH]4)CC3)cc2)[nH]1)c1ccccc1. The summed E-state index contributed by atoms with van der Waals surface area (Å²) < 4.78 is 4.84. The lowest BCUT2D eigenvalue weighted by Gasteiger charge is -2.37. The van der Waals surface area contributed by atoms with Crippen molar-refractivity contribution in [2.45, 2.75) is 93.8 Å². The fourth-order valence-corrected chi connectivity index (χ4v) is 9.14. The summed E-state index contributed by atoms with van der Waals surface area (Å²) in [5.74, 6) is 1.81. The van der Waals surface area contributed by atoms with Gasteiger partial charge in [-0.05, 0) is 79.5 Å². The van der Waals surface area contributed by atoms with E-state index in [0.717, 1.165) is 85.5 Å². The number of nitrogens with two attached hydrogens (primary N) is 1. The van der Waals surface area contributed by atoms with Crippen LogP contribution in [0.5, 0.6) is 0 Å². The largest absolute Gasteiger partial charge is 0.453 e. The van der Waals surface area contributed by atoms with Gasteiger partial charge in [-0.1, -0.05) is 91.9 Å². The van der Waals surface area contributed by atoms with Gasteiger partial charge in [0, 0.05) is 30.4 Å². The number of H-pyrrole nitrogens is 2. The number of carbonyl (C=O) groups is 3. The number of methoxy groups -OCH3 is 1. The van der Waals surface area contributed by atoms with Gasteiger partial charge in [0.15, 0.2) is 0 Å². The molecule has 2 saturated heterocycles. The second kappa shape index (κ2) is 16.4. The van der Waals surface area contributed by atoms with E-state index in [1.165, 1.54) is 12.7 Å². The van der Waals surface area contributed by atoms with Crippen molar-refractivity contribution in [1.29, 1.82) is 0 Å². The zero-order valence-corrected chi connectivity index (χ0v) is 32.7. The van der Waals surface area contributed by atoms with E-state index in [1.807, 2.05) is 82.9 Å². The zero-order chi connectivity index (χ0) is 39.5. The van der Waals surface area contributed by atoms with Crippen molar-refractivity contribution in [3.8, 4) is 11.3 Å². The average molecular weight is 769 g/mol. The number of rotatable bonds is 10. The van der Waals surface area contributed by atoms with Crippen molar-refractivity contribution in [2.24, 2.45) is 5.73 Å². The number of likely N-dealkylation sites (tertiary alicyclic amines) is 2. The van der Waals surface area contributed by atoms with Gasteiger partial charge in [0.25, 0.3) is 5.91 Å². The van der Waals surface area contributed by atoms with Crippen molar-refractivity contribution < 1.29 is 19.1 Å². The van der Waals surface area contributed by atoms with E-state index in [2.05, 4.69) is 46.5 Å². The van der Waals surface area contributed by atoms with Crippen LogP contribution in [0.2, 0.25) is 0 Å². The summed E-state index contributed by atoms with van der Waals surface area (Å²) in [4.78, 5) is 60.1. The quantitative estimate of drug-likeness (QED) is 0.114. The zero-order valence-electron chi connectivity index (χ0n) is 32.7. The summed E-state index contributed by atoms with van der Waals surface area (Å²) in [6, 6.07) is 25.7. The summed E-state index contributed by atoms with van der Waals surface area (Å²) >= 11 is 0. The maximum atomic E-state index is 13.9. The Labute approximate surface area is 333 Å². The Morgan fingerprint density at radius 2 is 1.35 bits per heavy atom. The van der Waals surface area contributed by atoms with Gasteiger partial charge < -0.3 is 35.6 Å². The number of benzene rings is 3. The molecule has 3 aromatic carbocycles. The number of ether oxygens (including phenoxy) is 1. The average Bonchev–Trinajstić information content (AvgIpc) is 4.10. The van der Waals surface area contributed by atoms with Gasteiger partial charge in [-0.2, -0.15) is 0 Å². The maximum Gasteiger partial charge on any atom is 0.407 e. The van der Waals surface area contributed by atoms with Crippen LogP contribution in [0, 0.1) is 0 Å². The van der Waals surface area contributed by atoms with Crippen molar-refractivity contribution in [3.63, 3.8) is 0 Å². The van der Waals surface area contributed by atoms with Crippen LogP contribution in [0.15, 0.2) is 97.3 Å². The van der Waals surface area contributed by atoms with Crippen LogP contribution in [0.1, 0.15) is 122 Å². The van der Waals surface area contributed by atoms with Crippen molar-refractivity contribution in [3.05, 3.63) is 131 Å². The third-order valence-corrected chi connectivity index (χ3v) is 12.6. The molecule has 0 bridgehead atoms. The number of hydrogen-bond donors (Lipinski definition) is 4. The van der Waals surface area contributed by atoms with Crippen molar-refractivity contribution >= 4 is 17.9 Å². The van der Waals surface area contributed by atoms with Crippen LogP contribution in [-0.4, -0.2) is 67.8 Å². The van der Waals surface area contributed by atoms with Gasteiger partial charge >= 0.3 is 6.09 Å². The fourth-order valence-electron chi connectivity index (χ4n) is 9.14. The molecule has 0 radical (unpaired) electrons. The number of carbonyl (C=O) groups excluding carboxylic acids is 3. The first-order chi connectivity index (χ1) is 27.7. The second-order valence-corrected chi connectivity index (χ2v) is 16.1. The summed E-state index contributed by atoms with van der Waals surface area (Å²) in [5, 5.41) is 2.73. The highest BCUT2D eigenvalue weighted by Gasteiger charge is 2.39. The summed E-state index contributed by atoms with van der Waals surface area (Å²) in [7, 11) is 1.29.